The summed E-state index contributed by atoms with van der Waals surface area (Å²) in [6.07, 6.45) is 6.93. The number of rotatable bonds is 5. The van der Waals surface area contributed by atoms with E-state index in [-0.39, 0.29) is 0 Å². The molecule has 0 amide bonds. The van der Waals surface area contributed by atoms with Crippen LogP contribution in [0.5, 0.6) is 0 Å². The molecule has 0 bridgehead atoms. The number of hydrogen-bond acceptors (Lipinski definition) is 4. The van der Waals surface area contributed by atoms with Gasteiger partial charge in [-0.15, -0.1) is 0 Å². The standard InChI is InChI=1S/C26H28N4O/c1-29(2)16-18-8-11-30(12-9-18)26-22(17-31)15-28-25-6-4-20(14-23(25)26)19-3-5-24-21(13-19)7-10-27-24/h3-7,10,13-15,17-18,27H,8-9,11-12,16H2,1-2H3. The quantitative estimate of drug-likeness (QED) is 0.470. The zero-order valence-corrected chi connectivity index (χ0v) is 18.1. The zero-order valence-electron chi connectivity index (χ0n) is 18.1. The first kappa shape index (κ1) is 19.8. The number of aldehydes is 1. The predicted molar refractivity (Wildman–Crippen MR) is 128 cm³/mol. The highest BCUT2D eigenvalue weighted by Gasteiger charge is 2.23. The van der Waals surface area contributed by atoms with Gasteiger partial charge in [-0.2, -0.15) is 0 Å². The van der Waals surface area contributed by atoms with Gasteiger partial charge in [0.1, 0.15) is 0 Å². The molecule has 0 saturated carbocycles. The second kappa shape index (κ2) is 8.16. The van der Waals surface area contributed by atoms with Crippen LogP contribution in [0.1, 0.15) is 23.2 Å². The number of carbonyl (C=O) groups excluding carboxylic acids is 1. The molecule has 2 aromatic heterocycles. The smallest absolute Gasteiger partial charge is 0.153 e. The van der Waals surface area contributed by atoms with Crippen molar-refractivity contribution in [1.82, 2.24) is 14.9 Å². The lowest BCUT2D eigenvalue weighted by Crippen LogP contribution is -2.37. The van der Waals surface area contributed by atoms with Gasteiger partial charge in [0.2, 0.25) is 0 Å². The summed E-state index contributed by atoms with van der Waals surface area (Å²) in [4.78, 5) is 24.4. The van der Waals surface area contributed by atoms with E-state index in [1.807, 2.05) is 6.20 Å². The van der Waals surface area contributed by atoms with Gasteiger partial charge < -0.3 is 14.8 Å². The Balaban J connectivity index is 1.55. The van der Waals surface area contributed by atoms with Crippen molar-refractivity contribution in [3.8, 4) is 11.1 Å². The molecule has 0 unspecified atom stereocenters. The molecule has 5 rings (SSSR count). The molecule has 5 heteroatoms. The van der Waals surface area contributed by atoms with E-state index < -0.39 is 0 Å². The van der Waals surface area contributed by atoms with Crippen molar-refractivity contribution in [3.63, 3.8) is 0 Å². The van der Waals surface area contributed by atoms with E-state index in [9.17, 15) is 4.79 Å². The third-order valence-corrected chi connectivity index (χ3v) is 6.44. The van der Waals surface area contributed by atoms with Gasteiger partial charge in [0.25, 0.3) is 0 Å². The summed E-state index contributed by atoms with van der Waals surface area (Å²) in [6, 6.07) is 14.9. The van der Waals surface area contributed by atoms with Gasteiger partial charge in [-0.05, 0) is 79.7 Å². The molecule has 0 aliphatic carbocycles. The average molecular weight is 413 g/mol. The minimum absolute atomic E-state index is 0.678. The Morgan fingerprint density at radius 3 is 2.65 bits per heavy atom. The molecule has 1 aliphatic rings. The first-order chi connectivity index (χ1) is 15.1. The number of fused-ring (bicyclic) bond motifs is 2. The summed E-state index contributed by atoms with van der Waals surface area (Å²) >= 11 is 0. The second-order valence-electron chi connectivity index (χ2n) is 8.88. The van der Waals surface area contributed by atoms with Crippen LogP contribution in [0.4, 0.5) is 5.69 Å². The van der Waals surface area contributed by atoms with E-state index in [4.69, 9.17) is 0 Å². The Bertz CT molecular complexity index is 1230. The normalized spacial score (nSPS) is 15.3. The first-order valence-electron chi connectivity index (χ1n) is 11.0. The van der Waals surface area contributed by atoms with Crippen LogP contribution in [-0.4, -0.2) is 54.9 Å². The fourth-order valence-electron chi connectivity index (χ4n) is 4.90. The summed E-state index contributed by atoms with van der Waals surface area (Å²) in [5, 5.41) is 2.25. The third-order valence-electron chi connectivity index (χ3n) is 6.44. The highest BCUT2D eigenvalue weighted by molar-refractivity contribution is 6.02. The molecule has 1 N–H and O–H groups in total. The van der Waals surface area contributed by atoms with Crippen LogP contribution in [0.3, 0.4) is 0 Å². The van der Waals surface area contributed by atoms with Crippen molar-refractivity contribution in [2.24, 2.45) is 5.92 Å². The molecule has 1 aliphatic heterocycles. The number of benzene rings is 2. The van der Waals surface area contributed by atoms with Gasteiger partial charge in [-0.3, -0.25) is 9.78 Å². The maximum atomic E-state index is 11.9. The van der Waals surface area contributed by atoms with E-state index in [0.717, 1.165) is 66.4 Å². The summed E-state index contributed by atoms with van der Waals surface area (Å²) < 4.78 is 0. The first-order valence-corrected chi connectivity index (χ1v) is 11.0. The van der Waals surface area contributed by atoms with Crippen LogP contribution in [0, 0.1) is 5.92 Å². The number of aromatic amines is 1. The minimum atomic E-state index is 0.678. The van der Waals surface area contributed by atoms with Crippen LogP contribution in [0.15, 0.2) is 54.9 Å². The van der Waals surface area contributed by atoms with Gasteiger partial charge in [0, 0.05) is 42.9 Å². The van der Waals surface area contributed by atoms with Gasteiger partial charge >= 0.3 is 0 Å². The van der Waals surface area contributed by atoms with Crippen molar-refractivity contribution in [1.29, 1.82) is 0 Å². The summed E-state index contributed by atoms with van der Waals surface area (Å²) in [6.45, 7) is 3.06. The fourth-order valence-corrected chi connectivity index (χ4v) is 4.90. The Kier molecular flexibility index (Phi) is 5.20. The molecule has 0 radical (unpaired) electrons. The number of piperidine rings is 1. The number of carbonyl (C=O) groups is 1. The molecule has 3 heterocycles. The van der Waals surface area contributed by atoms with Gasteiger partial charge in [-0.25, -0.2) is 0 Å². The Hall–Kier alpha value is -3.18. The van der Waals surface area contributed by atoms with E-state index in [1.54, 1.807) is 6.20 Å². The molecular formula is C26H28N4O. The van der Waals surface area contributed by atoms with Crippen molar-refractivity contribution in [2.45, 2.75) is 12.8 Å². The monoisotopic (exact) mass is 412 g/mol. The Labute approximate surface area is 182 Å². The van der Waals surface area contributed by atoms with E-state index in [1.165, 1.54) is 10.9 Å². The van der Waals surface area contributed by atoms with Crippen LogP contribution in [-0.2, 0) is 0 Å². The van der Waals surface area contributed by atoms with Crippen molar-refractivity contribution in [2.75, 3.05) is 38.6 Å². The maximum absolute atomic E-state index is 11.9. The molecule has 1 fully saturated rings. The number of anilines is 1. The SMILES string of the molecule is CN(C)CC1CCN(c2c(C=O)cnc3ccc(-c4ccc5[nH]ccc5c4)cc23)CC1. The Morgan fingerprint density at radius 2 is 1.87 bits per heavy atom. The molecule has 158 valence electrons. The average Bonchev–Trinajstić information content (AvgIpc) is 3.26. The molecule has 0 spiro atoms. The molecular weight excluding hydrogens is 384 g/mol. The number of aromatic nitrogens is 2. The maximum Gasteiger partial charge on any atom is 0.153 e. The van der Waals surface area contributed by atoms with Crippen molar-refractivity contribution >= 4 is 33.8 Å². The van der Waals surface area contributed by atoms with Gasteiger partial charge in [0.05, 0.1) is 16.8 Å². The van der Waals surface area contributed by atoms with Crippen molar-refractivity contribution in [3.05, 3.63) is 60.4 Å². The van der Waals surface area contributed by atoms with Crippen LogP contribution >= 0.6 is 0 Å². The molecule has 4 aromatic rings. The van der Waals surface area contributed by atoms with Gasteiger partial charge in [0.15, 0.2) is 6.29 Å². The van der Waals surface area contributed by atoms with E-state index >= 15 is 0 Å². The Morgan fingerprint density at radius 1 is 1.10 bits per heavy atom. The molecule has 2 aromatic carbocycles. The number of hydrogen-bond donors (Lipinski definition) is 1. The number of H-pyrrole nitrogens is 1. The highest BCUT2D eigenvalue weighted by Crippen LogP contribution is 2.35. The minimum Gasteiger partial charge on any atom is -0.370 e. The number of nitrogens with one attached hydrogen (secondary N) is 1. The molecule has 0 atom stereocenters. The van der Waals surface area contributed by atoms with Crippen LogP contribution < -0.4 is 4.90 Å². The van der Waals surface area contributed by atoms with Gasteiger partial charge in [-0.1, -0.05) is 12.1 Å². The summed E-state index contributed by atoms with van der Waals surface area (Å²) in [7, 11) is 4.28. The highest BCUT2D eigenvalue weighted by atomic mass is 16.1. The van der Waals surface area contributed by atoms with E-state index in [0.29, 0.717) is 11.5 Å². The molecule has 5 nitrogen and oxygen atoms in total. The summed E-state index contributed by atoms with van der Waals surface area (Å²) in [5.41, 5.74) is 6.09. The second-order valence-corrected chi connectivity index (χ2v) is 8.88. The van der Waals surface area contributed by atoms with Crippen LogP contribution in [0.25, 0.3) is 32.9 Å². The zero-order chi connectivity index (χ0) is 21.4. The fraction of sp³-hybridized carbons (Fsp3) is 0.308. The number of pyridine rings is 1. The summed E-state index contributed by atoms with van der Waals surface area (Å²) in [5.74, 6) is 0.711. The molecule has 31 heavy (non-hydrogen) atoms. The lowest BCUT2D eigenvalue weighted by molar-refractivity contribution is 0.112. The topological polar surface area (TPSA) is 52.2 Å². The largest absolute Gasteiger partial charge is 0.370 e. The third kappa shape index (κ3) is 3.81. The van der Waals surface area contributed by atoms with Crippen molar-refractivity contribution < 1.29 is 4.79 Å². The predicted octanol–water partition coefficient (Wildman–Crippen LogP) is 4.97. The van der Waals surface area contributed by atoms with Crippen LogP contribution in [0.2, 0.25) is 0 Å². The molecule has 1 saturated heterocycles. The van der Waals surface area contributed by atoms with E-state index in [2.05, 4.69) is 76.3 Å². The number of nitrogens with zero attached hydrogens (tertiary/aromatic N) is 3. The lowest BCUT2D eigenvalue weighted by atomic mass is 9.94. The lowest BCUT2D eigenvalue weighted by Gasteiger charge is -2.35.